The molecule has 0 radical (unpaired) electrons. The number of nitrogens with zero attached hydrogens (tertiary/aromatic N) is 1. The Labute approximate surface area is 103 Å². The number of anilines is 1. The number of aryl methyl sites for hydroxylation is 1. The van der Waals surface area contributed by atoms with Gasteiger partial charge < -0.3 is 5.73 Å². The van der Waals surface area contributed by atoms with Gasteiger partial charge in [-0.25, -0.2) is 4.98 Å². The number of nitrogens with one attached hydrogen (secondary N) is 1. The Bertz CT molecular complexity index is 688. The number of benzene rings is 1. The van der Waals surface area contributed by atoms with E-state index in [0.717, 1.165) is 23.9 Å². The van der Waals surface area contributed by atoms with Gasteiger partial charge in [0.2, 0.25) is 5.01 Å². The lowest BCUT2D eigenvalue weighted by Crippen LogP contribution is -2.07. The van der Waals surface area contributed by atoms with E-state index < -0.39 is 0 Å². The average molecular weight is 244 g/mol. The molecule has 2 aromatic heterocycles. The molecule has 3 rings (SSSR count). The molecule has 0 aliphatic rings. The van der Waals surface area contributed by atoms with Crippen molar-refractivity contribution < 1.29 is 4.98 Å². The second-order valence-corrected chi connectivity index (χ2v) is 5.22. The van der Waals surface area contributed by atoms with Crippen LogP contribution < -0.4 is 10.7 Å². The molecule has 0 atom stereocenters. The maximum atomic E-state index is 6.00. The number of hydrogen-bond acceptors (Lipinski definition) is 3. The zero-order valence-corrected chi connectivity index (χ0v) is 10.5. The van der Waals surface area contributed by atoms with Gasteiger partial charge in [-0.05, 0) is 12.5 Å². The number of aromatic amines is 1. The third-order valence-electron chi connectivity index (χ3n) is 2.84. The van der Waals surface area contributed by atoms with Gasteiger partial charge in [0.15, 0.2) is 5.82 Å². The van der Waals surface area contributed by atoms with Crippen LogP contribution in [0.4, 0.5) is 5.82 Å². The number of aromatic nitrogens is 2. The fraction of sp³-hybridized carbons (Fsp3) is 0.231. The molecule has 3 nitrogen and oxygen atoms in total. The van der Waals surface area contributed by atoms with Crippen molar-refractivity contribution in [3.8, 4) is 0 Å². The van der Waals surface area contributed by atoms with E-state index in [2.05, 4.69) is 23.0 Å². The number of rotatable bonds is 2. The van der Waals surface area contributed by atoms with Crippen LogP contribution in [0.3, 0.4) is 0 Å². The van der Waals surface area contributed by atoms with Crippen molar-refractivity contribution in [1.82, 2.24) is 4.98 Å². The molecule has 0 saturated carbocycles. The minimum Gasteiger partial charge on any atom is -0.378 e. The van der Waals surface area contributed by atoms with Crippen LogP contribution in [0.15, 0.2) is 24.3 Å². The quantitative estimate of drug-likeness (QED) is 0.753. The second-order valence-electron chi connectivity index (χ2n) is 4.12. The molecule has 3 aromatic rings. The summed E-state index contributed by atoms with van der Waals surface area (Å²) >= 11 is 1.79. The van der Waals surface area contributed by atoms with Crippen LogP contribution in [-0.4, -0.2) is 4.98 Å². The molecule has 3 N–H and O–H groups in total. The lowest BCUT2D eigenvalue weighted by atomic mass is 10.2. The first kappa shape index (κ1) is 10.5. The summed E-state index contributed by atoms with van der Waals surface area (Å²) in [6.45, 7) is 2.18. The summed E-state index contributed by atoms with van der Waals surface area (Å²) in [7, 11) is 0. The first-order valence-electron chi connectivity index (χ1n) is 5.78. The number of H-pyrrole nitrogens is 1. The Balaban J connectivity index is 2.39. The Morgan fingerprint density at radius 2 is 2.18 bits per heavy atom. The van der Waals surface area contributed by atoms with Crippen molar-refractivity contribution in [2.75, 3.05) is 5.73 Å². The number of hydrogen-bond donors (Lipinski definition) is 1. The van der Waals surface area contributed by atoms with Crippen LogP contribution in [0.5, 0.6) is 0 Å². The molecule has 0 bridgehead atoms. The summed E-state index contributed by atoms with van der Waals surface area (Å²) < 4.78 is 1.22. The van der Waals surface area contributed by atoms with E-state index in [1.807, 2.05) is 18.2 Å². The maximum absolute atomic E-state index is 6.00. The van der Waals surface area contributed by atoms with E-state index in [1.165, 1.54) is 15.1 Å². The van der Waals surface area contributed by atoms with Crippen molar-refractivity contribution in [2.45, 2.75) is 19.8 Å². The standard InChI is InChI=1S/C13H13N3S/c1-2-5-10-16-11-12(17-10)8-6-3-4-7-9(8)15-13(11)14/h3-4,6-7H,2,5H2,1H3,(H2,14,15)/p+1. The molecule has 0 fully saturated rings. The summed E-state index contributed by atoms with van der Waals surface area (Å²) in [5.74, 6) is 0.595. The summed E-state index contributed by atoms with van der Waals surface area (Å²) in [4.78, 5) is 7.82. The van der Waals surface area contributed by atoms with E-state index in [0.29, 0.717) is 5.82 Å². The van der Waals surface area contributed by atoms with E-state index in [4.69, 9.17) is 5.73 Å². The van der Waals surface area contributed by atoms with Gasteiger partial charge in [-0.1, -0.05) is 36.5 Å². The monoisotopic (exact) mass is 244 g/mol. The highest BCUT2D eigenvalue weighted by Crippen LogP contribution is 2.30. The third kappa shape index (κ3) is 1.65. The molecule has 2 heterocycles. The summed E-state index contributed by atoms with van der Waals surface area (Å²) in [5.41, 5.74) is 7.95. The zero-order chi connectivity index (χ0) is 11.8. The van der Waals surface area contributed by atoms with Gasteiger partial charge in [-0.3, -0.25) is 0 Å². The molecule has 17 heavy (non-hydrogen) atoms. The first-order chi connectivity index (χ1) is 8.29. The number of nitrogens with two attached hydrogens (primary N) is 1. The normalized spacial score (nSPS) is 11.4. The van der Waals surface area contributed by atoms with Crippen molar-refractivity contribution in [3.63, 3.8) is 0 Å². The lowest BCUT2D eigenvalue weighted by Gasteiger charge is -1.96. The van der Waals surface area contributed by atoms with Crippen LogP contribution >= 0.6 is 11.3 Å². The van der Waals surface area contributed by atoms with Gasteiger partial charge >= 0.3 is 0 Å². The molecule has 4 heteroatoms. The van der Waals surface area contributed by atoms with Gasteiger partial charge in [-0.15, -0.1) is 0 Å². The predicted octanol–water partition coefficient (Wildman–Crippen LogP) is 2.80. The number of para-hydroxylation sites is 1. The van der Waals surface area contributed by atoms with E-state index in [-0.39, 0.29) is 0 Å². The molecule has 86 valence electrons. The van der Waals surface area contributed by atoms with Crippen LogP contribution in [0.1, 0.15) is 18.4 Å². The fourth-order valence-corrected chi connectivity index (χ4v) is 3.30. The van der Waals surface area contributed by atoms with Crippen LogP contribution in [0.25, 0.3) is 21.1 Å². The number of fused-ring (bicyclic) bond motifs is 3. The lowest BCUT2D eigenvalue weighted by molar-refractivity contribution is -0.350. The number of nitrogen functional groups attached to an aromatic ring is 1. The van der Waals surface area contributed by atoms with Crippen LogP contribution in [0, 0.1) is 0 Å². The smallest absolute Gasteiger partial charge is 0.265 e. The predicted molar refractivity (Wildman–Crippen MR) is 72.1 cm³/mol. The topological polar surface area (TPSA) is 53.0 Å². The maximum Gasteiger partial charge on any atom is 0.265 e. The molecule has 0 aliphatic heterocycles. The Morgan fingerprint density at radius 3 is 3.00 bits per heavy atom. The Kier molecular flexibility index (Phi) is 2.44. The largest absolute Gasteiger partial charge is 0.378 e. The average Bonchev–Trinajstić information content (AvgIpc) is 2.74. The summed E-state index contributed by atoms with van der Waals surface area (Å²) in [5, 5.41) is 2.45. The summed E-state index contributed by atoms with van der Waals surface area (Å²) in [6, 6.07) is 8.14. The highest BCUT2D eigenvalue weighted by atomic mass is 32.1. The van der Waals surface area contributed by atoms with Crippen molar-refractivity contribution >= 4 is 38.3 Å². The Hall–Kier alpha value is -1.68. The first-order valence-corrected chi connectivity index (χ1v) is 6.60. The van der Waals surface area contributed by atoms with Crippen molar-refractivity contribution in [2.24, 2.45) is 0 Å². The molecular weight excluding hydrogens is 230 g/mol. The van der Waals surface area contributed by atoms with E-state index >= 15 is 0 Å². The van der Waals surface area contributed by atoms with Crippen LogP contribution in [0.2, 0.25) is 0 Å². The molecule has 1 aromatic carbocycles. The molecule has 0 unspecified atom stereocenters. The second kappa shape index (κ2) is 3.96. The van der Waals surface area contributed by atoms with Gasteiger partial charge in [-0.2, -0.15) is 4.98 Å². The minimum absolute atomic E-state index is 0.595. The highest BCUT2D eigenvalue weighted by Gasteiger charge is 2.17. The number of pyridine rings is 1. The Morgan fingerprint density at radius 1 is 1.35 bits per heavy atom. The minimum atomic E-state index is 0.595. The third-order valence-corrected chi connectivity index (χ3v) is 4.02. The molecular formula is C13H14N3S+. The van der Waals surface area contributed by atoms with E-state index in [9.17, 15) is 0 Å². The van der Waals surface area contributed by atoms with Gasteiger partial charge in [0.05, 0.1) is 5.52 Å². The van der Waals surface area contributed by atoms with E-state index in [1.54, 1.807) is 11.3 Å². The van der Waals surface area contributed by atoms with Crippen molar-refractivity contribution in [3.05, 3.63) is 29.3 Å². The van der Waals surface area contributed by atoms with Crippen LogP contribution in [-0.2, 0) is 6.42 Å². The fourth-order valence-electron chi connectivity index (χ4n) is 2.06. The van der Waals surface area contributed by atoms with Crippen molar-refractivity contribution in [1.29, 1.82) is 0 Å². The zero-order valence-electron chi connectivity index (χ0n) is 9.66. The van der Waals surface area contributed by atoms with Gasteiger partial charge in [0.1, 0.15) is 4.70 Å². The number of thiazole rings is 1. The summed E-state index contributed by atoms with van der Waals surface area (Å²) in [6.07, 6.45) is 2.20. The van der Waals surface area contributed by atoms with Gasteiger partial charge in [0.25, 0.3) is 5.52 Å². The molecule has 0 saturated heterocycles. The highest BCUT2D eigenvalue weighted by molar-refractivity contribution is 7.19. The van der Waals surface area contributed by atoms with Gasteiger partial charge in [0, 0.05) is 11.8 Å². The SMILES string of the molecule is CCCc1[nH+]c2c(N)nc3ccccc3c2s1. The molecule has 0 amide bonds. The molecule has 0 spiro atoms. The molecule has 0 aliphatic carbocycles.